The van der Waals surface area contributed by atoms with Crippen LogP contribution in [0.25, 0.3) is 11.1 Å². The summed E-state index contributed by atoms with van der Waals surface area (Å²) in [7, 11) is 3.02. The highest BCUT2D eigenvalue weighted by Gasteiger charge is 2.65. The number of likely N-dealkylation sites (tertiary alicyclic amines) is 1. The molecule has 28 heavy (non-hydrogen) atoms. The molecule has 0 bridgehead atoms. The van der Waals surface area contributed by atoms with Gasteiger partial charge >= 0.3 is 6.09 Å². The van der Waals surface area contributed by atoms with Crippen molar-refractivity contribution in [2.75, 3.05) is 27.4 Å². The number of carbonyl (C=O) groups excluding carboxylic acids is 1. The summed E-state index contributed by atoms with van der Waals surface area (Å²) < 4.78 is 17.2. The van der Waals surface area contributed by atoms with E-state index in [9.17, 15) is 9.90 Å². The summed E-state index contributed by atoms with van der Waals surface area (Å²) in [4.78, 5) is 14.1. The van der Waals surface area contributed by atoms with Gasteiger partial charge in [-0.15, -0.1) is 0 Å². The van der Waals surface area contributed by atoms with Gasteiger partial charge in [0.15, 0.2) is 0 Å². The van der Waals surface area contributed by atoms with Gasteiger partial charge in [0.2, 0.25) is 0 Å². The molecular formula is C22H23NO5. The van der Waals surface area contributed by atoms with Crippen molar-refractivity contribution in [1.82, 2.24) is 4.90 Å². The summed E-state index contributed by atoms with van der Waals surface area (Å²) in [6.07, 6.45) is -1.69. The van der Waals surface area contributed by atoms with Gasteiger partial charge in [-0.3, -0.25) is 4.90 Å². The van der Waals surface area contributed by atoms with Crippen LogP contribution in [0.2, 0.25) is 0 Å². The molecule has 2 aliphatic heterocycles. The zero-order chi connectivity index (χ0) is 19.5. The van der Waals surface area contributed by atoms with Crippen molar-refractivity contribution in [1.29, 1.82) is 0 Å². The van der Waals surface area contributed by atoms with Gasteiger partial charge in [-0.05, 0) is 22.3 Å². The normalized spacial score (nSPS) is 30.8. The second-order valence-corrected chi connectivity index (χ2v) is 7.68. The second kappa shape index (κ2) is 6.30. The van der Waals surface area contributed by atoms with E-state index >= 15 is 0 Å². The Morgan fingerprint density at radius 2 is 1.71 bits per heavy atom. The van der Waals surface area contributed by atoms with E-state index in [4.69, 9.17) is 14.2 Å². The molecule has 4 atom stereocenters. The monoisotopic (exact) mass is 381 g/mol. The van der Waals surface area contributed by atoms with Gasteiger partial charge in [-0.2, -0.15) is 0 Å². The van der Waals surface area contributed by atoms with Gasteiger partial charge in [-0.25, -0.2) is 4.79 Å². The second-order valence-electron chi connectivity index (χ2n) is 7.68. The Labute approximate surface area is 163 Å². The van der Waals surface area contributed by atoms with Gasteiger partial charge in [0.25, 0.3) is 0 Å². The molecule has 0 radical (unpaired) electrons. The van der Waals surface area contributed by atoms with Crippen molar-refractivity contribution in [3.8, 4) is 11.1 Å². The molecular weight excluding hydrogens is 358 g/mol. The van der Waals surface area contributed by atoms with E-state index in [1.165, 1.54) is 18.2 Å². The Morgan fingerprint density at radius 3 is 2.29 bits per heavy atom. The number of benzene rings is 2. The fourth-order valence-electron chi connectivity index (χ4n) is 5.40. The molecule has 2 heterocycles. The molecule has 2 saturated heterocycles. The van der Waals surface area contributed by atoms with Crippen LogP contribution in [-0.2, 0) is 14.2 Å². The molecule has 2 fully saturated rings. The third-order valence-electron chi connectivity index (χ3n) is 6.52. The SMILES string of the molecule is COC(=O)N1C[C@@](OC)(C2c3ccccc3-c3ccccc32)[C@H]2OC[C@H](O)[C@H]21. The third-order valence-corrected chi connectivity index (χ3v) is 6.52. The number of aliphatic hydroxyl groups excluding tert-OH is 1. The number of hydrogen-bond acceptors (Lipinski definition) is 5. The number of ether oxygens (including phenoxy) is 3. The molecule has 6 nitrogen and oxygen atoms in total. The Balaban J connectivity index is 1.70. The fraction of sp³-hybridized carbons (Fsp3) is 0.409. The lowest BCUT2D eigenvalue weighted by Crippen LogP contribution is -2.50. The van der Waals surface area contributed by atoms with Gasteiger partial charge in [0.1, 0.15) is 17.8 Å². The van der Waals surface area contributed by atoms with Gasteiger partial charge < -0.3 is 19.3 Å². The van der Waals surface area contributed by atoms with Crippen LogP contribution in [0.3, 0.4) is 0 Å². The molecule has 2 aromatic rings. The lowest BCUT2D eigenvalue weighted by atomic mass is 9.77. The minimum Gasteiger partial charge on any atom is -0.453 e. The zero-order valence-electron chi connectivity index (χ0n) is 15.9. The molecule has 5 rings (SSSR count). The summed E-state index contributed by atoms with van der Waals surface area (Å²) in [5.74, 6) is -0.114. The summed E-state index contributed by atoms with van der Waals surface area (Å²) in [6, 6.07) is 16.1. The molecule has 6 heteroatoms. The Morgan fingerprint density at radius 1 is 1.11 bits per heavy atom. The van der Waals surface area contributed by atoms with E-state index in [1.54, 1.807) is 12.0 Å². The molecule has 1 aliphatic carbocycles. The fourth-order valence-corrected chi connectivity index (χ4v) is 5.40. The van der Waals surface area contributed by atoms with E-state index in [0.717, 1.165) is 11.1 Å². The van der Waals surface area contributed by atoms with Crippen molar-refractivity contribution in [2.24, 2.45) is 0 Å². The maximum absolute atomic E-state index is 12.5. The first-order chi connectivity index (χ1) is 13.6. The van der Waals surface area contributed by atoms with Crippen LogP contribution in [0.4, 0.5) is 4.79 Å². The number of fused-ring (bicyclic) bond motifs is 4. The predicted molar refractivity (Wildman–Crippen MR) is 102 cm³/mol. The molecule has 1 N–H and O–H groups in total. The standard InChI is InChI=1S/C22H23NO5/c1-26-21(25)23-12-22(27-2,20-19(23)17(24)11-28-20)18-15-9-5-3-7-13(15)14-8-4-6-10-16(14)18/h3-10,17-20,24H,11-12H2,1-2H3/t17-,19+,20-,22+/m0/s1. The van der Waals surface area contributed by atoms with E-state index < -0.39 is 29.9 Å². The van der Waals surface area contributed by atoms with Crippen molar-refractivity contribution >= 4 is 6.09 Å². The first-order valence-electron chi connectivity index (χ1n) is 9.50. The van der Waals surface area contributed by atoms with E-state index in [0.29, 0.717) is 0 Å². The smallest absolute Gasteiger partial charge is 0.410 e. The number of hydrogen-bond donors (Lipinski definition) is 1. The molecule has 1 amide bonds. The van der Waals surface area contributed by atoms with Crippen molar-refractivity contribution in [3.05, 3.63) is 59.7 Å². The van der Waals surface area contributed by atoms with Crippen LogP contribution in [0.15, 0.2) is 48.5 Å². The van der Waals surface area contributed by atoms with Crippen LogP contribution >= 0.6 is 0 Å². The number of carbonyl (C=O) groups is 1. The van der Waals surface area contributed by atoms with Crippen molar-refractivity contribution < 1.29 is 24.1 Å². The Kier molecular flexibility index (Phi) is 3.98. The average molecular weight is 381 g/mol. The van der Waals surface area contributed by atoms with Crippen molar-refractivity contribution in [3.63, 3.8) is 0 Å². The van der Waals surface area contributed by atoms with E-state index in [1.807, 2.05) is 24.3 Å². The maximum atomic E-state index is 12.5. The minimum absolute atomic E-state index is 0.114. The maximum Gasteiger partial charge on any atom is 0.410 e. The third kappa shape index (κ3) is 2.16. The summed E-state index contributed by atoms with van der Waals surface area (Å²) in [5, 5.41) is 10.5. The number of aliphatic hydroxyl groups is 1. The molecule has 2 aromatic carbocycles. The average Bonchev–Trinajstić information content (AvgIpc) is 3.38. The van der Waals surface area contributed by atoms with Crippen LogP contribution in [0.1, 0.15) is 17.0 Å². The highest BCUT2D eigenvalue weighted by Crippen LogP contribution is 2.55. The van der Waals surface area contributed by atoms with Gasteiger partial charge in [0.05, 0.1) is 26.3 Å². The Hall–Kier alpha value is -2.41. The quantitative estimate of drug-likeness (QED) is 0.865. The topological polar surface area (TPSA) is 68.2 Å². The number of amides is 1. The lowest BCUT2D eigenvalue weighted by Gasteiger charge is -2.38. The number of nitrogens with zero attached hydrogens (tertiary/aromatic N) is 1. The largest absolute Gasteiger partial charge is 0.453 e. The van der Waals surface area contributed by atoms with Crippen LogP contribution in [0.5, 0.6) is 0 Å². The Bertz CT molecular complexity index is 885. The summed E-state index contributed by atoms with van der Waals surface area (Å²) in [5.41, 5.74) is 3.83. The number of methoxy groups -OCH3 is 2. The molecule has 0 spiro atoms. The summed E-state index contributed by atoms with van der Waals surface area (Å²) >= 11 is 0. The summed E-state index contributed by atoms with van der Waals surface area (Å²) in [6.45, 7) is 0.458. The van der Waals surface area contributed by atoms with Gasteiger partial charge in [-0.1, -0.05) is 48.5 Å². The lowest BCUT2D eigenvalue weighted by molar-refractivity contribution is -0.0988. The zero-order valence-corrected chi connectivity index (χ0v) is 15.9. The first kappa shape index (κ1) is 17.7. The molecule has 146 valence electrons. The van der Waals surface area contributed by atoms with Crippen LogP contribution in [-0.4, -0.2) is 67.3 Å². The highest BCUT2D eigenvalue weighted by atomic mass is 16.6. The van der Waals surface area contributed by atoms with Gasteiger partial charge in [0, 0.05) is 13.0 Å². The first-order valence-corrected chi connectivity index (χ1v) is 9.50. The predicted octanol–water partition coefficient (Wildman–Crippen LogP) is 2.39. The van der Waals surface area contributed by atoms with Crippen molar-refractivity contribution in [2.45, 2.75) is 29.8 Å². The molecule has 0 saturated carbocycles. The highest BCUT2D eigenvalue weighted by molar-refractivity contribution is 5.80. The molecule has 3 aliphatic rings. The number of rotatable bonds is 2. The van der Waals surface area contributed by atoms with E-state index in [-0.39, 0.29) is 19.1 Å². The molecule has 0 unspecified atom stereocenters. The van der Waals surface area contributed by atoms with E-state index in [2.05, 4.69) is 24.3 Å². The molecule has 0 aromatic heterocycles. The van der Waals surface area contributed by atoms with Crippen LogP contribution in [0, 0.1) is 0 Å². The minimum atomic E-state index is -0.820. The van der Waals surface area contributed by atoms with Crippen LogP contribution < -0.4 is 0 Å².